The van der Waals surface area contributed by atoms with Crippen LogP contribution in [0.4, 0.5) is 0 Å². The van der Waals surface area contributed by atoms with E-state index in [1.54, 1.807) is 6.20 Å². The molecule has 2 aromatic heterocycles. The van der Waals surface area contributed by atoms with Crippen LogP contribution in [0.2, 0.25) is 0 Å². The molecule has 0 fully saturated rings. The van der Waals surface area contributed by atoms with Gasteiger partial charge in [-0.2, -0.15) is 0 Å². The third-order valence-electron chi connectivity index (χ3n) is 7.03. The third-order valence-corrected chi connectivity index (χ3v) is 7.03. The van der Waals surface area contributed by atoms with Gasteiger partial charge in [-0.15, -0.1) is 0 Å². The highest BCUT2D eigenvalue weighted by atomic mass is 15.0. The predicted molar refractivity (Wildman–Crippen MR) is 162 cm³/mol. The van der Waals surface area contributed by atoms with Gasteiger partial charge in [0, 0.05) is 29.1 Å². The predicted octanol–water partition coefficient (Wildman–Crippen LogP) is 8.75. The van der Waals surface area contributed by atoms with Crippen molar-refractivity contribution >= 4 is 10.8 Å². The van der Waals surface area contributed by atoms with Crippen molar-refractivity contribution in [2.24, 2.45) is 0 Å². The van der Waals surface area contributed by atoms with Crippen LogP contribution in [0.15, 0.2) is 146 Å². The fourth-order valence-corrected chi connectivity index (χ4v) is 4.98. The maximum absolute atomic E-state index is 4.94. The van der Waals surface area contributed by atoms with Crippen LogP contribution in [0, 0.1) is 0 Å². The second kappa shape index (κ2) is 10.4. The van der Waals surface area contributed by atoms with E-state index in [1.165, 1.54) is 0 Å². The van der Waals surface area contributed by atoms with Crippen molar-refractivity contribution in [3.63, 3.8) is 0 Å². The Labute approximate surface area is 232 Å². The number of hydrogen-bond donors (Lipinski definition) is 0. The largest absolute Gasteiger partial charge is 0.264 e. The zero-order chi connectivity index (χ0) is 26.7. The standard InChI is InChI=1S/C36H24N4/c1-3-9-27(10-4-1)34-38-35(28-11-5-2-6-12-28)40-36(39-34)33-15-7-13-30-23-29(20-21-32(30)33)25-16-18-26(19-17-25)31-14-8-22-37-24-31/h1-24H. The molecule has 7 aromatic rings. The van der Waals surface area contributed by atoms with Crippen molar-refractivity contribution in [3.8, 4) is 56.4 Å². The van der Waals surface area contributed by atoms with Gasteiger partial charge in [0.15, 0.2) is 17.5 Å². The summed E-state index contributed by atoms with van der Waals surface area (Å²) >= 11 is 0. The Morgan fingerprint density at radius 1 is 0.375 bits per heavy atom. The smallest absolute Gasteiger partial charge is 0.164 e. The molecule has 0 aliphatic carbocycles. The van der Waals surface area contributed by atoms with E-state index in [0.29, 0.717) is 17.5 Å². The molecule has 0 bridgehead atoms. The van der Waals surface area contributed by atoms with Crippen LogP contribution in [0.25, 0.3) is 67.2 Å². The number of hydrogen-bond acceptors (Lipinski definition) is 4. The topological polar surface area (TPSA) is 51.6 Å². The van der Waals surface area contributed by atoms with E-state index in [4.69, 9.17) is 15.0 Å². The van der Waals surface area contributed by atoms with Gasteiger partial charge in [-0.1, -0.05) is 121 Å². The van der Waals surface area contributed by atoms with Gasteiger partial charge >= 0.3 is 0 Å². The lowest BCUT2D eigenvalue weighted by molar-refractivity contribution is 1.08. The molecule has 0 aliphatic heterocycles. The van der Waals surface area contributed by atoms with E-state index < -0.39 is 0 Å². The molecule has 0 radical (unpaired) electrons. The minimum absolute atomic E-state index is 0.659. The summed E-state index contributed by atoms with van der Waals surface area (Å²) in [6, 6.07) is 45.7. The Balaban J connectivity index is 1.31. The number of fused-ring (bicyclic) bond motifs is 1. The molecular formula is C36H24N4. The van der Waals surface area contributed by atoms with Crippen molar-refractivity contribution in [1.82, 2.24) is 19.9 Å². The molecule has 4 nitrogen and oxygen atoms in total. The van der Waals surface area contributed by atoms with Crippen LogP contribution in [0.1, 0.15) is 0 Å². The highest BCUT2D eigenvalue weighted by Crippen LogP contribution is 2.33. The Bertz CT molecular complexity index is 1860. The molecule has 0 atom stereocenters. The van der Waals surface area contributed by atoms with Crippen LogP contribution < -0.4 is 0 Å². The second-order valence-electron chi connectivity index (χ2n) is 9.60. The molecule has 0 saturated carbocycles. The monoisotopic (exact) mass is 512 g/mol. The average Bonchev–Trinajstić information content (AvgIpc) is 3.05. The molecule has 5 aromatic carbocycles. The summed E-state index contributed by atoms with van der Waals surface area (Å²) in [5, 5.41) is 2.23. The molecule has 0 spiro atoms. The van der Waals surface area contributed by atoms with Crippen LogP contribution in [-0.4, -0.2) is 19.9 Å². The summed E-state index contributed by atoms with van der Waals surface area (Å²) in [6.45, 7) is 0. The van der Waals surface area contributed by atoms with E-state index >= 15 is 0 Å². The van der Waals surface area contributed by atoms with E-state index in [0.717, 1.165) is 49.7 Å². The fourth-order valence-electron chi connectivity index (χ4n) is 4.98. The Kier molecular flexibility index (Phi) is 6.11. The lowest BCUT2D eigenvalue weighted by Crippen LogP contribution is -2.00. The summed E-state index contributed by atoms with van der Waals surface area (Å²) in [4.78, 5) is 19.0. The second-order valence-corrected chi connectivity index (χ2v) is 9.60. The third kappa shape index (κ3) is 4.63. The van der Waals surface area contributed by atoms with Crippen LogP contribution in [0.3, 0.4) is 0 Å². The van der Waals surface area contributed by atoms with Gasteiger partial charge in [-0.05, 0) is 45.2 Å². The number of rotatable bonds is 5. The average molecular weight is 513 g/mol. The molecule has 4 heteroatoms. The summed E-state index contributed by atoms with van der Waals surface area (Å²) in [6.07, 6.45) is 3.68. The van der Waals surface area contributed by atoms with Gasteiger partial charge in [0.1, 0.15) is 0 Å². The van der Waals surface area contributed by atoms with Crippen molar-refractivity contribution in [3.05, 3.63) is 146 Å². The van der Waals surface area contributed by atoms with E-state index in [-0.39, 0.29) is 0 Å². The zero-order valence-electron chi connectivity index (χ0n) is 21.6. The molecule has 2 heterocycles. The first kappa shape index (κ1) is 23.6. The summed E-state index contributed by atoms with van der Waals surface area (Å²) in [7, 11) is 0. The Morgan fingerprint density at radius 2 is 0.950 bits per heavy atom. The van der Waals surface area contributed by atoms with Crippen molar-refractivity contribution in [2.45, 2.75) is 0 Å². The minimum atomic E-state index is 0.659. The minimum Gasteiger partial charge on any atom is -0.264 e. The van der Waals surface area contributed by atoms with Gasteiger partial charge in [0.05, 0.1) is 0 Å². The van der Waals surface area contributed by atoms with Crippen molar-refractivity contribution in [2.75, 3.05) is 0 Å². The quantitative estimate of drug-likeness (QED) is 0.231. The molecule has 188 valence electrons. The highest BCUT2D eigenvalue weighted by Gasteiger charge is 2.14. The molecule has 40 heavy (non-hydrogen) atoms. The molecular weight excluding hydrogens is 488 g/mol. The zero-order valence-corrected chi connectivity index (χ0v) is 21.6. The van der Waals surface area contributed by atoms with Gasteiger partial charge in [0.2, 0.25) is 0 Å². The number of aromatic nitrogens is 4. The van der Waals surface area contributed by atoms with Crippen LogP contribution >= 0.6 is 0 Å². The maximum Gasteiger partial charge on any atom is 0.164 e. The molecule has 7 rings (SSSR count). The number of pyridine rings is 1. The lowest BCUT2D eigenvalue weighted by Gasteiger charge is -2.11. The SMILES string of the molecule is c1ccc(-c2nc(-c3ccccc3)nc(-c3cccc4cc(-c5ccc(-c6cccnc6)cc5)ccc34)n2)cc1. The Morgan fingerprint density at radius 3 is 1.57 bits per heavy atom. The summed E-state index contributed by atoms with van der Waals surface area (Å²) in [5.74, 6) is 1.98. The maximum atomic E-state index is 4.94. The van der Waals surface area contributed by atoms with E-state index in [9.17, 15) is 0 Å². The van der Waals surface area contributed by atoms with Crippen molar-refractivity contribution in [1.29, 1.82) is 0 Å². The first-order valence-corrected chi connectivity index (χ1v) is 13.2. The molecule has 0 unspecified atom stereocenters. The van der Waals surface area contributed by atoms with Crippen LogP contribution in [-0.2, 0) is 0 Å². The number of benzene rings is 5. The lowest BCUT2D eigenvalue weighted by atomic mass is 9.97. The summed E-state index contributed by atoms with van der Waals surface area (Å²) in [5.41, 5.74) is 7.48. The van der Waals surface area contributed by atoms with Gasteiger partial charge in [0.25, 0.3) is 0 Å². The van der Waals surface area contributed by atoms with Gasteiger partial charge in [-0.3, -0.25) is 4.98 Å². The highest BCUT2D eigenvalue weighted by molar-refractivity contribution is 5.97. The molecule has 0 saturated heterocycles. The Hall–Kier alpha value is -5.48. The summed E-state index contributed by atoms with van der Waals surface area (Å²) < 4.78 is 0. The van der Waals surface area contributed by atoms with Crippen molar-refractivity contribution < 1.29 is 0 Å². The number of nitrogens with zero attached hydrogens (tertiary/aromatic N) is 4. The fraction of sp³-hybridized carbons (Fsp3) is 0. The van der Waals surface area contributed by atoms with Gasteiger partial charge in [-0.25, -0.2) is 15.0 Å². The molecule has 0 amide bonds. The molecule has 0 aliphatic rings. The van der Waals surface area contributed by atoms with E-state index in [1.807, 2.05) is 72.9 Å². The van der Waals surface area contributed by atoms with Crippen LogP contribution in [0.5, 0.6) is 0 Å². The molecule has 0 N–H and O–H groups in total. The normalized spacial score (nSPS) is 11.0. The van der Waals surface area contributed by atoms with E-state index in [2.05, 4.69) is 71.7 Å². The van der Waals surface area contributed by atoms with Gasteiger partial charge < -0.3 is 0 Å². The first-order chi connectivity index (χ1) is 19.8. The first-order valence-electron chi connectivity index (χ1n) is 13.2.